The minimum Gasteiger partial charge on any atom is -0.448 e. The summed E-state index contributed by atoms with van der Waals surface area (Å²) in [6, 6.07) is 8.71. The molecule has 0 spiro atoms. The number of benzene rings is 1. The summed E-state index contributed by atoms with van der Waals surface area (Å²) in [5, 5.41) is 8.27. The summed E-state index contributed by atoms with van der Waals surface area (Å²) in [4.78, 5) is 34.8. The van der Waals surface area contributed by atoms with Crippen molar-refractivity contribution in [2.75, 3.05) is 17.2 Å². The Hall–Kier alpha value is -3.16. The van der Waals surface area contributed by atoms with Gasteiger partial charge in [0.05, 0.1) is 0 Å². The van der Waals surface area contributed by atoms with Crippen LogP contribution in [0.4, 0.5) is 11.5 Å². The van der Waals surface area contributed by atoms with E-state index in [-0.39, 0.29) is 5.82 Å². The minimum atomic E-state index is -1.19. The van der Waals surface area contributed by atoms with Gasteiger partial charge in [0.1, 0.15) is 5.76 Å². The molecule has 2 N–H and O–H groups in total. The molecule has 24 heavy (non-hydrogen) atoms. The van der Waals surface area contributed by atoms with Gasteiger partial charge in [0.2, 0.25) is 0 Å². The first kappa shape index (κ1) is 17.2. The second-order valence-electron chi connectivity index (χ2n) is 4.95. The van der Waals surface area contributed by atoms with Gasteiger partial charge >= 0.3 is 11.9 Å². The molecule has 0 bridgehead atoms. The Morgan fingerprint density at radius 2 is 1.88 bits per heavy atom. The lowest BCUT2D eigenvalue weighted by atomic mass is 10.1. The fraction of sp³-hybridized carbons (Fsp3) is 0.250. The van der Waals surface area contributed by atoms with Gasteiger partial charge in [0.25, 0.3) is 5.91 Å². The number of aryl methyl sites for hydroxylation is 2. The van der Waals surface area contributed by atoms with Crippen LogP contribution in [-0.4, -0.2) is 29.5 Å². The second kappa shape index (κ2) is 7.91. The molecule has 1 aromatic carbocycles. The number of nitrogens with one attached hydrogen (secondary N) is 2. The van der Waals surface area contributed by atoms with Crippen LogP contribution in [0.5, 0.6) is 0 Å². The lowest BCUT2D eigenvalue weighted by Crippen LogP contribution is -2.29. The topological polar surface area (TPSA) is 111 Å². The van der Waals surface area contributed by atoms with E-state index in [4.69, 9.17) is 4.52 Å². The van der Waals surface area contributed by atoms with Crippen LogP contribution < -0.4 is 10.6 Å². The summed E-state index contributed by atoms with van der Waals surface area (Å²) in [6.07, 6.45) is 0.895. The molecule has 8 heteroatoms. The molecule has 2 amide bonds. The van der Waals surface area contributed by atoms with Crippen molar-refractivity contribution >= 4 is 29.3 Å². The average Bonchev–Trinajstić information content (AvgIpc) is 2.98. The summed E-state index contributed by atoms with van der Waals surface area (Å²) in [5.41, 5.74) is 1.72. The molecular formula is C16H17N3O5. The van der Waals surface area contributed by atoms with E-state index in [1.807, 2.05) is 19.1 Å². The van der Waals surface area contributed by atoms with E-state index >= 15 is 0 Å². The first-order valence-corrected chi connectivity index (χ1v) is 7.28. The molecule has 0 unspecified atom stereocenters. The Bertz CT molecular complexity index is 736. The number of hydrogen-bond acceptors (Lipinski definition) is 6. The standard InChI is InChI=1S/C16H17N3O5/c1-3-11-4-6-12(7-5-11)17-14(20)9-23-16(22)15(21)18-13-8-10(2)24-19-13/h4-8H,3,9H2,1-2H3,(H,17,20)(H,18,19,21). The van der Waals surface area contributed by atoms with Crippen LogP contribution in [0, 0.1) is 6.92 Å². The third kappa shape index (κ3) is 4.94. The van der Waals surface area contributed by atoms with Crippen LogP contribution in [-0.2, 0) is 25.5 Å². The Kier molecular flexibility index (Phi) is 5.67. The molecule has 2 aromatic rings. The molecule has 1 heterocycles. The average molecular weight is 331 g/mol. The molecule has 0 aliphatic rings. The molecule has 0 radical (unpaired) electrons. The SMILES string of the molecule is CCc1ccc(NC(=O)COC(=O)C(=O)Nc2cc(C)on2)cc1. The molecule has 0 aliphatic carbocycles. The third-order valence-corrected chi connectivity index (χ3v) is 3.04. The zero-order chi connectivity index (χ0) is 17.5. The summed E-state index contributed by atoms with van der Waals surface area (Å²) in [6.45, 7) is 3.09. The van der Waals surface area contributed by atoms with Crippen molar-refractivity contribution in [1.29, 1.82) is 0 Å². The summed E-state index contributed by atoms with van der Waals surface area (Å²) in [5.74, 6) is -2.20. The van der Waals surface area contributed by atoms with Crippen molar-refractivity contribution in [3.63, 3.8) is 0 Å². The third-order valence-electron chi connectivity index (χ3n) is 3.04. The van der Waals surface area contributed by atoms with Gasteiger partial charge in [-0.25, -0.2) is 4.79 Å². The van der Waals surface area contributed by atoms with Crippen LogP contribution in [0.2, 0.25) is 0 Å². The maximum atomic E-state index is 11.7. The molecule has 0 fully saturated rings. The number of rotatable bonds is 5. The predicted octanol–water partition coefficient (Wildman–Crippen LogP) is 1.67. The molecule has 1 aromatic heterocycles. The number of nitrogens with zero attached hydrogens (tertiary/aromatic N) is 1. The van der Waals surface area contributed by atoms with E-state index in [2.05, 4.69) is 20.5 Å². The van der Waals surface area contributed by atoms with E-state index in [9.17, 15) is 14.4 Å². The molecule has 8 nitrogen and oxygen atoms in total. The van der Waals surface area contributed by atoms with Gasteiger partial charge < -0.3 is 14.6 Å². The highest BCUT2D eigenvalue weighted by Crippen LogP contribution is 2.10. The van der Waals surface area contributed by atoms with Gasteiger partial charge in [-0.1, -0.05) is 24.2 Å². The number of ether oxygens (including phenoxy) is 1. The van der Waals surface area contributed by atoms with Gasteiger partial charge in [-0.05, 0) is 31.0 Å². The number of amides is 2. The fourth-order valence-electron chi connectivity index (χ4n) is 1.81. The van der Waals surface area contributed by atoms with Gasteiger partial charge in [-0.3, -0.25) is 14.9 Å². The highest BCUT2D eigenvalue weighted by Gasteiger charge is 2.18. The molecule has 126 valence electrons. The first-order chi connectivity index (χ1) is 11.5. The molecule has 0 saturated heterocycles. The van der Waals surface area contributed by atoms with Crippen LogP contribution >= 0.6 is 0 Å². The summed E-state index contributed by atoms with van der Waals surface area (Å²) >= 11 is 0. The van der Waals surface area contributed by atoms with E-state index in [1.54, 1.807) is 19.1 Å². The molecule has 2 rings (SSSR count). The maximum Gasteiger partial charge on any atom is 0.397 e. The zero-order valence-electron chi connectivity index (χ0n) is 13.3. The molecule has 0 saturated carbocycles. The number of aromatic nitrogens is 1. The Morgan fingerprint density at radius 3 is 2.46 bits per heavy atom. The number of esters is 1. The van der Waals surface area contributed by atoms with Crippen molar-refractivity contribution in [2.24, 2.45) is 0 Å². The number of hydrogen-bond donors (Lipinski definition) is 2. The summed E-state index contributed by atoms with van der Waals surface area (Å²) < 4.78 is 9.39. The van der Waals surface area contributed by atoms with Crippen LogP contribution in [0.15, 0.2) is 34.9 Å². The lowest BCUT2D eigenvalue weighted by Gasteiger charge is -2.07. The van der Waals surface area contributed by atoms with Gasteiger partial charge in [-0.2, -0.15) is 0 Å². The molecule has 0 atom stereocenters. The molecular weight excluding hydrogens is 314 g/mol. The van der Waals surface area contributed by atoms with Crippen molar-refractivity contribution < 1.29 is 23.6 Å². The van der Waals surface area contributed by atoms with Crippen molar-refractivity contribution in [3.8, 4) is 0 Å². The zero-order valence-corrected chi connectivity index (χ0v) is 13.3. The van der Waals surface area contributed by atoms with Gasteiger partial charge in [0, 0.05) is 11.8 Å². The van der Waals surface area contributed by atoms with Crippen molar-refractivity contribution in [1.82, 2.24) is 5.16 Å². The Balaban J connectivity index is 1.77. The van der Waals surface area contributed by atoms with E-state index < -0.39 is 24.4 Å². The second-order valence-corrected chi connectivity index (χ2v) is 4.95. The predicted molar refractivity (Wildman–Crippen MR) is 85.3 cm³/mol. The quantitative estimate of drug-likeness (QED) is 0.637. The highest BCUT2D eigenvalue weighted by molar-refractivity contribution is 6.37. The van der Waals surface area contributed by atoms with E-state index in [1.165, 1.54) is 6.07 Å². The van der Waals surface area contributed by atoms with Crippen molar-refractivity contribution in [3.05, 3.63) is 41.7 Å². The first-order valence-electron chi connectivity index (χ1n) is 7.28. The Labute approximate surface area is 138 Å². The van der Waals surface area contributed by atoms with Crippen molar-refractivity contribution in [2.45, 2.75) is 20.3 Å². The number of carbonyl (C=O) groups is 3. The van der Waals surface area contributed by atoms with Crippen LogP contribution in [0.1, 0.15) is 18.2 Å². The Morgan fingerprint density at radius 1 is 1.17 bits per heavy atom. The van der Waals surface area contributed by atoms with E-state index in [0.717, 1.165) is 12.0 Å². The normalized spacial score (nSPS) is 10.1. The minimum absolute atomic E-state index is 0.0925. The maximum absolute atomic E-state index is 11.7. The smallest absolute Gasteiger partial charge is 0.397 e. The lowest BCUT2D eigenvalue weighted by molar-refractivity contribution is -0.154. The highest BCUT2D eigenvalue weighted by atomic mass is 16.5. The van der Waals surface area contributed by atoms with Gasteiger partial charge in [-0.15, -0.1) is 0 Å². The van der Waals surface area contributed by atoms with Crippen LogP contribution in [0.25, 0.3) is 0 Å². The monoisotopic (exact) mass is 331 g/mol. The number of anilines is 2. The summed E-state index contributed by atoms with van der Waals surface area (Å²) in [7, 11) is 0. The van der Waals surface area contributed by atoms with E-state index in [0.29, 0.717) is 11.4 Å². The molecule has 0 aliphatic heterocycles. The van der Waals surface area contributed by atoms with Crippen LogP contribution in [0.3, 0.4) is 0 Å². The number of carbonyl (C=O) groups excluding carboxylic acids is 3. The van der Waals surface area contributed by atoms with Gasteiger partial charge in [0.15, 0.2) is 12.4 Å². The fourth-order valence-corrected chi connectivity index (χ4v) is 1.81. The largest absolute Gasteiger partial charge is 0.448 e.